The van der Waals surface area contributed by atoms with Crippen molar-refractivity contribution >= 4 is 0 Å². The molecule has 2 saturated heterocycles. The molecule has 3 rings (SSSR count). The lowest BCUT2D eigenvalue weighted by molar-refractivity contribution is -0.179. The minimum absolute atomic E-state index is 0.0399. The average Bonchev–Trinajstić information content (AvgIpc) is 2.90. The molecule has 0 aromatic rings. The standard InChI is InChI=1S/C12H20O3/c1-2-8-13-11(3-1)14-9-10-4-5-12(15-10)6-7-12/h10-11H,1-9H2/t10-,11?/m1/s1. The summed E-state index contributed by atoms with van der Waals surface area (Å²) in [6.45, 7) is 1.59. The molecular weight excluding hydrogens is 192 g/mol. The summed E-state index contributed by atoms with van der Waals surface area (Å²) in [6, 6.07) is 0. The SMILES string of the molecule is C1CCC(OC[C@H]2CCC3(CC3)O2)OC1. The Morgan fingerprint density at radius 1 is 1.13 bits per heavy atom. The van der Waals surface area contributed by atoms with E-state index < -0.39 is 0 Å². The third kappa shape index (κ3) is 2.35. The minimum atomic E-state index is 0.0399. The Bertz CT molecular complexity index is 219. The lowest BCUT2D eigenvalue weighted by atomic mass is 10.2. The fourth-order valence-corrected chi connectivity index (χ4v) is 2.58. The van der Waals surface area contributed by atoms with Crippen LogP contribution in [-0.4, -0.2) is 31.2 Å². The minimum Gasteiger partial charge on any atom is -0.369 e. The quantitative estimate of drug-likeness (QED) is 0.718. The summed E-state index contributed by atoms with van der Waals surface area (Å²) in [5.74, 6) is 0. The summed E-state index contributed by atoms with van der Waals surface area (Å²) < 4.78 is 17.2. The highest BCUT2D eigenvalue weighted by Crippen LogP contribution is 2.49. The molecule has 15 heavy (non-hydrogen) atoms. The molecule has 0 amide bonds. The molecule has 3 nitrogen and oxygen atoms in total. The lowest BCUT2D eigenvalue weighted by Crippen LogP contribution is -2.27. The van der Waals surface area contributed by atoms with E-state index in [4.69, 9.17) is 14.2 Å². The molecule has 0 aromatic carbocycles. The topological polar surface area (TPSA) is 27.7 Å². The second kappa shape index (κ2) is 4.04. The van der Waals surface area contributed by atoms with E-state index in [0.29, 0.717) is 11.7 Å². The molecule has 1 unspecified atom stereocenters. The first kappa shape index (κ1) is 10.1. The fourth-order valence-electron chi connectivity index (χ4n) is 2.58. The molecule has 1 saturated carbocycles. The van der Waals surface area contributed by atoms with Crippen LogP contribution in [0.1, 0.15) is 44.9 Å². The lowest BCUT2D eigenvalue weighted by Gasteiger charge is -2.24. The van der Waals surface area contributed by atoms with Crippen LogP contribution in [-0.2, 0) is 14.2 Å². The second-order valence-electron chi connectivity index (χ2n) is 5.09. The largest absolute Gasteiger partial charge is 0.369 e. The first-order valence-corrected chi connectivity index (χ1v) is 6.27. The Morgan fingerprint density at radius 3 is 2.73 bits per heavy atom. The molecule has 2 atom stereocenters. The first-order valence-electron chi connectivity index (χ1n) is 6.27. The third-order valence-corrected chi connectivity index (χ3v) is 3.75. The van der Waals surface area contributed by atoms with Crippen molar-refractivity contribution in [3.05, 3.63) is 0 Å². The first-order chi connectivity index (χ1) is 7.36. The van der Waals surface area contributed by atoms with Crippen LogP contribution in [0.5, 0.6) is 0 Å². The number of hydrogen-bond acceptors (Lipinski definition) is 3. The van der Waals surface area contributed by atoms with Gasteiger partial charge in [-0.1, -0.05) is 0 Å². The highest BCUT2D eigenvalue weighted by atomic mass is 16.7. The molecule has 2 heterocycles. The molecule has 1 aliphatic carbocycles. The summed E-state index contributed by atoms with van der Waals surface area (Å²) in [6.07, 6.45) is 8.80. The molecule has 86 valence electrons. The highest BCUT2D eigenvalue weighted by Gasteiger charge is 2.49. The van der Waals surface area contributed by atoms with Crippen molar-refractivity contribution in [1.82, 2.24) is 0 Å². The van der Waals surface area contributed by atoms with E-state index in [2.05, 4.69) is 0 Å². The van der Waals surface area contributed by atoms with Gasteiger partial charge in [0.05, 0.1) is 18.3 Å². The summed E-state index contributed by atoms with van der Waals surface area (Å²) in [5.41, 5.74) is 0.293. The summed E-state index contributed by atoms with van der Waals surface area (Å²) in [4.78, 5) is 0. The Labute approximate surface area is 91.1 Å². The van der Waals surface area contributed by atoms with Gasteiger partial charge in [0.15, 0.2) is 6.29 Å². The van der Waals surface area contributed by atoms with Crippen molar-refractivity contribution in [2.24, 2.45) is 0 Å². The molecule has 3 heteroatoms. The number of rotatable bonds is 3. The molecule has 3 aliphatic rings. The van der Waals surface area contributed by atoms with E-state index >= 15 is 0 Å². The van der Waals surface area contributed by atoms with Crippen molar-refractivity contribution in [1.29, 1.82) is 0 Å². The molecule has 0 aromatic heterocycles. The van der Waals surface area contributed by atoms with Gasteiger partial charge in [-0.2, -0.15) is 0 Å². The Kier molecular flexibility index (Phi) is 2.71. The molecule has 0 radical (unpaired) electrons. The highest BCUT2D eigenvalue weighted by molar-refractivity contribution is 5.00. The van der Waals surface area contributed by atoms with Gasteiger partial charge >= 0.3 is 0 Å². The van der Waals surface area contributed by atoms with E-state index in [9.17, 15) is 0 Å². The van der Waals surface area contributed by atoms with Crippen molar-refractivity contribution in [3.63, 3.8) is 0 Å². The summed E-state index contributed by atoms with van der Waals surface area (Å²) in [5, 5.41) is 0. The van der Waals surface area contributed by atoms with Gasteiger partial charge in [0.25, 0.3) is 0 Å². The maximum atomic E-state index is 5.97. The smallest absolute Gasteiger partial charge is 0.157 e. The summed E-state index contributed by atoms with van der Waals surface area (Å²) >= 11 is 0. The molecule has 3 fully saturated rings. The van der Waals surface area contributed by atoms with Crippen LogP contribution >= 0.6 is 0 Å². The van der Waals surface area contributed by atoms with Gasteiger partial charge in [-0.15, -0.1) is 0 Å². The van der Waals surface area contributed by atoms with Gasteiger partial charge < -0.3 is 14.2 Å². The summed E-state index contributed by atoms with van der Waals surface area (Å²) in [7, 11) is 0. The number of hydrogen-bond donors (Lipinski definition) is 0. The number of ether oxygens (including phenoxy) is 3. The Balaban J connectivity index is 1.38. The molecule has 2 aliphatic heterocycles. The van der Waals surface area contributed by atoms with Crippen LogP contribution in [0.2, 0.25) is 0 Å². The van der Waals surface area contributed by atoms with E-state index in [1.807, 2.05) is 0 Å². The zero-order chi connectivity index (χ0) is 10.1. The monoisotopic (exact) mass is 212 g/mol. The predicted molar refractivity (Wildman–Crippen MR) is 55.6 cm³/mol. The predicted octanol–water partition coefficient (Wildman–Crippen LogP) is 2.24. The van der Waals surface area contributed by atoms with Gasteiger partial charge in [0, 0.05) is 6.61 Å². The van der Waals surface area contributed by atoms with Gasteiger partial charge in [-0.05, 0) is 44.9 Å². The van der Waals surface area contributed by atoms with E-state index in [-0.39, 0.29) is 6.29 Å². The molecular formula is C12H20O3. The van der Waals surface area contributed by atoms with Gasteiger partial charge in [0.1, 0.15) is 0 Å². The van der Waals surface area contributed by atoms with Crippen LogP contribution in [0.4, 0.5) is 0 Å². The van der Waals surface area contributed by atoms with E-state index in [1.165, 1.54) is 38.5 Å². The van der Waals surface area contributed by atoms with Crippen LogP contribution in [0.3, 0.4) is 0 Å². The maximum absolute atomic E-state index is 5.97. The average molecular weight is 212 g/mol. The van der Waals surface area contributed by atoms with Crippen molar-refractivity contribution in [3.8, 4) is 0 Å². The van der Waals surface area contributed by atoms with Crippen LogP contribution in [0, 0.1) is 0 Å². The van der Waals surface area contributed by atoms with E-state index in [0.717, 1.165) is 19.6 Å². The second-order valence-corrected chi connectivity index (χ2v) is 5.09. The molecule has 0 bridgehead atoms. The Morgan fingerprint density at radius 2 is 2.07 bits per heavy atom. The van der Waals surface area contributed by atoms with Crippen LogP contribution in [0.25, 0.3) is 0 Å². The normalized spacial score (nSPS) is 38.4. The van der Waals surface area contributed by atoms with Gasteiger partial charge in [-0.25, -0.2) is 0 Å². The van der Waals surface area contributed by atoms with Crippen molar-refractivity contribution < 1.29 is 14.2 Å². The van der Waals surface area contributed by atoms with E-state index in [1.54, 1.807) is 0 Å². The van der Waals surface area contributed by atoms with Crippen LogP contribution < -0.4 is 0 Å². The zero-order valence-corrected chi connectivity index (χ0v) is 9.24. The van der Waals surface area contributed by atoms with Gasteiger partial charge in [0.2, 0.25) is 0 Å². The van der Waals surface area contributed by atoms with Crippen LogP contribution in [0.15, 0.2) is 0 Å². The molecule has 0 N–H and O–H groups in total. The maximum Gasteiger partial charge on any atom is 0.157 e. The zero-order valence-electron chi connectivity index (χ0n) is 9.24. The third-order valence-electron chi connectivity index (χ3n) is 3.75. The van der Waals surface area contributed by atoms with Crippen molar-refractivity contribution in [2.45, 2.75) is 62.9 Å². The fraction of sp³-hybridized carbons (Fsp3) is 1.00. The van der Waals surface area contributed by atoms with Crippen molar-refractivity contribution in [2.75, 3.05) is 13.2 Å². The van der Waals surface area contributed by atoms with Gasteiger partial charge in [-0.3, -0.25) is 0 Å². The molecule has 1 spiro atoms. The Hall–Kier alpha value is -0.120.